The first-order chi connectivity index (χ1) is 5.83. The molecule has 0 aromatic carbocycles. The fourth-order valence-corrected chi connectivity index (χ4v) is 1.99. The summed E-state index contributed by atoms with van der Waals surface area (Å²) in [6, 6.07) is 0. The summed E-state index contributed by atoms with van der Waals surface area (Å²) in [6.45, 7) is 3.04. The Hall–Kier alpha value is -0.560. The Morgan fingerprint density at radius 2 is 2.17 bits per heavy atom. The smallest absolute Gasteiger partial charge is 0.00687 e. The van der Waals surface area contributed by atoms with Gasteiger partial charge in [0.05, 0.1) is 0 Å². The topological polar surface area (TPSA) is 26.0 Å². The van der Waals surface area contributed by atoms with Crippen LogP contribution >= 0.6 is 0 Å². The molecule has 1 atom stereocenters. The molecule has 0 spiro atoms. The summed E-state index contributed by atoms with van der Waals surface area (Å²) in [5, 5.41) is 0. The van der Waals surface area contributed by atoms with E-state index >= 15 is 0 Å². The van der Waals surface area contributed by atoms with E-state index in [1.165, 1.54) is 19.3 Å². The molecule has 1 heteroatoms. The van der Waals surface area contributed by atoms with Gasteiger partial charge in [0.1, 0.15) is 0 Å². The zero-order chi connectivity index (χ0) is 8.86. The van der Waals surface area contributed by atoms with Crippen molar-refractivity contribution in [3.8, 4) is 0 Å². The molecule has 0 fully saturated rings. The Bertz CT molecular complexity index is 173. The number of rotatable bonds is 4. The fourth-order valence-electron chi connectivity index (χ4n) is 1.99. The molecule has 0 aromatic heterocycles. The van der Waals surface area contributed by atoms with Gasteiger partial charge in [-0.1, -0.05) is 37.6 Å². The molecular weight excluding hydrogens is 146 g/mol. The largest absolute Gasteiger partial charge is 0.330 e. The van der Waals surface area contributed by atoms with Gasteiger partial charge in [0.15, 0.2) is 0 Å². The predicted octanol–water partition coefficient (Wildman–Crippen LogP) is 2.64. The summed E-state index contributed by atoms with van der Waals surface area (Å²) in [4.78, 5) is 0. The van der Waals surface area contributed by atoms with Crippen molar-refractivity contribution < 1.29 is 0 Å². The molecule has 0 saturated heterocycles. The summed E-state index contributed by atoms with van der Waals surface area (Å²) in [7, 11) is 0. The van der Waals surface area contributed by atoms with Crippen molar-refractivity contribution in [3.05, 3.63) is 24.3 Å². The summed E-state index contributed by atoms with van der Waals surface area (Å²) in [5.74, 6) is 0. The molecule has 0 aromatic rings. The van der Waals surface area contributed by atoms with Crippen LogP contribution in [0.4, 0.5) is 0 Å². The first-order valence-corrected chi connectivity index (χ1v) is 4.87. The molecule has 1 nitrogen and oxygen atoms in total. The molecule has 2 N–H and O–H groups in total. The lowest BCUT2D eigenvalue weighted by Crippen LogP contribution is -2.22. The molecule has 12 heavy (non-hydrogen) atoms. The van der Waals surface area contributed by atoms with Crippen LogP contribution in [0.25, 0.3) is 0 Å². The standard InChI is InChI=1S/C11H19N/c1-2-6-11(9-10-12)7-4-3-5-8-11/h3-5,7H,2,6,8-10,12H2,1H3. The van der Waals surface area contributed by atoms with Gasteiger partial charge in [-0.25, -0.2) is 0 Å². The van der Waals surface area contributed by atoms with Crippen LogP contribution in [-0.4, -0.2) is 6.54 Å². The molecule has 1 aliphatic rings. The van der Waals surface area contributed by atoms with Crippen LogP contribution in [0.1, 0.15) is 32.6 Å². The summed E-state index contributed by atoms with van der Waals surface area (Å²) >= 11 is 0. The lowest BCUT2D eigenvalue weighted by Gasteiger charge is -2.30. The van der Waals surface area contributed by atoms with Gasteiger partial charge < -0.3 is 5.73 Å². The van der Waals surface area contributed by atoms with E-state index in [1.807, 2.05) is 0 Å². The van der Waals surface area contributed by atoms with Gasteiger partial charge in [-0.15, -0.1) is 0 Å². The van der Waals surface area contributed by atoms with Gasteiger partial charge in [0, 0.05) is 0 Å². The van der Waals surface area contributed by atoms with E-state index in [-0.39, 0.29) is 0 Å². The number of hydrogen-bond acceptors (Lipinski definition) is 1. The van der Waals surface area contributed by atoms with E-state index < -0.39 is 0 Å². The maximum absolute atomic E-state index is 5.62. The number of hydrogen-bond donors (Lipinski definition) is 1. The molecular formula is C11H19N. The van der Waals surface area contributed by atoms with E-state index in [9.17, 15) is 0 Å². The summed E-state index contributed by atoms with van der Waals surface area (Å²) in [5.41, 5.74) is 6.00. The van der Waals surface area contributed by atoms with Gasteiger partial charge >= 0.3 is 0 Å². The van der Waals surface area contributed by atoms with Crippen molar-refractivity contribution in [2.24, 2.45) is 11.1 Å². The van der Waals surface area contributed by atoms with Gasteiger partial charge in [0.2, 0.25) is 0 Å². The molecule has 1 unspecified atom stereocenters. The maximum Gasteiger partial charge on any atom is -0.00687 e. The normalized spacial score (nSPS) is 27.8. The quantitative estimate of drug-likeness (QED) is 0.681. The maximum atomic E-state index is 5.62. The fraction of sp³-hybridized carbons (Fsp3) is 0.636. The minimum atomic E-state index is 0.387. The van der Waals surface area contributed by atoms with E-state index in [1.54, 1.807) is 0 Å². The number of allylic oxidation sites excluding steroid dienone is 4. The van der Waals surface area contributed by atoms with E-state index in [2.05, 4.69) is 31.2 Å². The van der Waals surface area contributed by atoms with Crippen LogP contribution in [0.15, 0.2) is 24.3 Å². The van der Waals surface area contributed by atoms with Crippen molar-refractivity contribution in [3.63, 3.8) is 0 Å². The van der Waals surface area contributed by atoms with Gasteiger partial charge in [-0.2, -0.15) is 0 Å². The molecule has 0 aliphatic heterocycles. The van der Waals surface area contributed by atoms with Crippen molar-refractivity contribution in [2.75, 3.05) is 6.54 Å². The first kappa shape index (κ1) is 9.53. The van der Waals surface area contributed by atoms with Crippen LogP contribution < -0.4 is 5.73 Å². The second-order valence-electron chi connectivity index (χ2n) is 3.64. The van der Waals surface area contributed by atoms with Gasteiger partial charge in [0.25, 0.3) is 0 Å². The van der Waals surface area contributed by atoms with Crippen LogP contribution in [0.2, 0.25) is 0 Å². The van der Waals surface area contributed by atoms with Crippen LogP contribution in [0.3, 0.4) is 0 Å². The molecule has 0 bridgehead atoms. The summed E-state index contributed by atoms with van der Waals surface area (Å²) < 4.78 is 0. The van der Waals surface area contributed by atoms with Crippen molar-refractivity contribution >= 4 is 0 Å². The van der Waals surface area contributed by atoms with Crippen LogP contribution in [-0.2, 0) is 0 Å². The Kier molecular flexibility index (Phi) is 3.54. The summed E-state index contributed by atoms with van der Waals surface area (Å²) in [6.07, 6.45) is 13.7. The molecule has 0 heterocycles. The highest BCUT2D eigenvalue weighted by Crippen LogP contribution is 2.35. The Morgan fingerprint density at radius 1 is 1.33 bits per heavy atom. The molecule has 1 rings (SSSR count). The third-order valence-electron chi connectivity index (χ3n) is 2.61. The zero-order valence-corrected chi connectivity index (χ0v) is 7.92. The lowest BCUT2D eigenvalue weighted by molar-refractivity contribution is 0.325. The minimum Gasteiger partial charge on any atom is -0.330 e. The van der Waals surface area contributed by atoms with Crippen LogP contribution in [0.5, 0.6) is 0 Å². The molecule has 0 amide bonds. The lowest BCUT2D eigenvalue weighted by atomic mass is 9.75. The minimum absolute atomic E-state index is 0.387. The average molecular weight is 165 g/mol. The SMILES string of the molecule is CCCC1(CCN)C=CC=CC1. The highest BCUT2D eigenvalue weighted by Gasteiger charge is 2.24. The van der Waals surface area contributed by atoms with E-state index in [0.717, 1.165) is 13.0 Å². The van der Waals surface area contributed by atoms with Crippen molar-refractivity contribution in [2.45, 2.75) is 32.6 Å². The van der Waals surface area contributed by atoms with Crippen molar-refractivity contribution in [1.29, 1.82) is 0 Å². The molecule has 1 aliphatic carbocycles. The second kappa shape index (κ2) is 4.46. The predicted molar refractivity (Wildman–Crippen MR) is 53.9 cm³/mol. The highest BCUT2D eigenvalue weighted by molar-refractivity contribution is 5.16. The second-order valence-corrected chi connectivity index (χ2v) is 3.64. The molecule has 0 saturated carbocycles. The average Bonchev–Trinajstić information content (AvgIpc) is 2.07. The molecule has 0 radical (unpaired) electrons. The number of nitrogens with two attached hydrogens (primary N) is 1. The Labute approximate surface area is 75.3 Å². The first-order valence-electron chi connectivity index (χ1n) is 4.87. The zero-order valence-electron chi connectivity index (χ0n) is 7.92. The Balaban J connectivity index is 2.59. The third-order valence-corrected chi connectivity index (χ3v) is 2.61. The third kappa shape index (κ3) is 2.21. The van der Waals surface area contributed by atoms with Gasteiger partial charge in [-0.3, -0.25) is 0 Å². The van der Waals surface area contributed by atoms with Gasteiger partial charge in [-0.05, 0) is 31.2 Å². The monoisotopic (exact) mass is 165 g/mol. The van der Waals surface area contributed by atoms with E-state index in [4.69, 9.17) is 5.73 Å². The Morgan fingerprint density at radius 3 is 2.67 bits per heavy atom. The van der Waals surface area contributed by atoms with E-state index in [0.29, 0.717) is 5.41 Å². The molecule has 68 valence electrons. The highest BCUT2D eigenvalue weighted by atomic mass is 14.5. The van der Waals surface area contributed by atoms with Crippen molar-refractivity contribution in [1.82, 2.24) is 0 Å². The van der Waals surface area contributed by atoms with Crippen LogP contribution in [0, 0.1) is 5.41 Å².